The molecule has 1 unspecified atom stereocenters. The van der Waals surface area contributed by atoms with Gasteiger partial charge in [0.25, 0.3) is 0 Å². The van der Waals surface area contributed by atoms with Crippen LogP contribution < -0.4 is 20.1 Å². The van der Waals surface area contributed by atoms with E-state index >= 15 is 0 Å². The molecule has 0 saturated heterocycles. The van der Waals surface area contributed by atoms with Gasteiger partial charge in [0, 0.05) is 17.5 Å². The number of fused-ring (bicyclic) bond motifs is 2. The van der Waals surface area contributed by atoms with Crippen LogP contribution in [0.1, 0.15) is 45.4 Å². The van der Waals surface area contributed by atoms with Crippen LogP contribution in [-0.2, 0) is 9.59 Å². The summed E-state index contributed by atoms with van der Waals surface area (Å²) in [5.74, 6) is 3.30. The third-order valence-corrected chi connectivity index (χ3v) is 8.48. The Morgan fingerprint density at radius 2 is 1.68 bits per heavy atom. The van der Waals surface area contributed by atoms with Gasteiger partial charge < -0.3 is 20.1 Å². The summed E-state index contributed by atoms with van der Waals surface area (Å²) >= 11 is 1.39. The fraction of sp³-hybridized carbons (Fsp3) is 0.609. The summed E-state index contributed by atoms with van der Waals surface area (Å²) in [5.41, 5.74) is 0.507. The van der Waals surface area contributed by atoms with Crippen molar-refractivity contribution >= 4 is 38.5 Å². The number of thiazole rings is 1. The molecule has 31 heavy (non-hydrogen) atoms. The number of hydrogen-bond acceptors (Lipinski definition) is 6. The van der Waals surface area contributed by atoms with E-state index in [0.29, 0.717) is 47.6 Å². The first kappa shape index (κ1) is 19.3. The Bertz CT molecular complexity index is 986. The van der Waals surface area contributed by atoms with Gasteiger partial charge in [0.1, 0.15) is 19.3 Å². The highest BCUT2D eigenvalue weighted by molar-refractivity contribution is 7.22. The van der Waals surface area contributed by atoms with Crippen LogP contribution in [-0.4, -0.2) is 36.1 Å². The van der Waals surface area contributed by atoms with Crippen LogP contribution in [0.15, 0.2) is 12.1 Å². The molecule has 7 nitrogen and oxygen atoms in total. The molecular weight excluding hydrogens is 414 g/mol. The van der Waals surface area contributed by atoms with Crippen molar-refractivity contribution in [1.29, 1.82) is 0 Å². The molecule has 1 aromatic carbocycles. The van der Waals surface area contributed by atoms with Crippen molar-refractivity contribution in [3.63, 3.8) is 0 Å². The fourth-order valence-corrected chi connectivity index (χ4v) is 7.42. The first-order valence-electron chi connectivity index (χ1n) is 11.3. The molecule has 2 amide bonds. The number of nitrogens with zero attached hydrogens (tertiary/aromatic N) is 1. The lowest BCUT2D eigenvalue weighted by Crippen LogP contribution is -2.56. The Morgan fingerprint density at radius 1 is 1.06 bits per heavy atom. The van der Waals surface area contributed by atoms with E-state index in [1.807, 2.05) is 12.1 Å². The molecule has 4 bridgehead atoms. The normalized spacial score (nSPS) is 31.5. The Hall–Kier alpha value is -2.35. The number of carbonyl (C=O) groups excluding carboxylic acids is 2. The first-order chi connectivity index (χ1) is 15.0. The van der Waals surface area contributed by atoms with Gasteiger partial charge in [0.2, 0.25) is 11.8 Å². The maximum absolute atomic E-state index is 13.2. The lowest BCUT2D eigenvalue weighted by atomic mass is 9.49. The minimum atomic E-state index is -0.604. The van der Waals surface area contributed by atoms with E-state index in [2.05, 4.69) is 15.6 Å². The van der Waals surface area contributed by atoms with E-state index in [1.54, 1.807) is 6.92 Å². The molecule has 5 aliphatic rings. The van der Waals surface area contributed by atoms with Gasteiger partial charge in [-0.1, -0.05) is 11.3 Å². The SMILES string of the molecule is CC(NC(=O)C12CC3CC(CC(C3)C1)C2)C(=O)Nc1nc2cc3c(cc2s1)OCCO3. The van der Waals surface area contributed by atoms with Crippen molar-refractivity contribution in [3.8, 4) is 11.5 Å². The summed E-state index contributed by atoms with van der Waals surface area (Å²) in [4.78, 5) is 30.5. The third-order valence-electron chi connectivity index (χ3n) is 7.54. The molecule has 0 spiro atoms. The van der Waals surface area contributed by atoms with E-state index in [0.717, 1.165) is 29.5 Å². The lowest BCUT2D eigenvalue weighted by Gasteiger charge is -2.55. The van der Waals surface area contributed by atoms with Crippen LogP contribution in [0.25, 0.3) is 10.2 Å². The quantitative estimate of drug-likeness (QED) is 0.755. The largest absolute Gasteiger partial charge is 0.486 e. The van der Waals surface area contributed by atoms with Crippen molar-refractivity contribution in [1.82, 2.24) is 10.3 Å². The minimum Gasteiger partial charge on any atom is -0.486 e. The Kier molecular flexibility index (Phi) is 4.42. The molecule has 8 heteroatoms. The Balaban J connectivity index is 1.13. The van der Waals surface area contributed by atoms with E-state index in [1.165, 1.54) is 30.6 Å². The van der Waals surface area contributed by atoms with Crippen molar-refractivity contribution in [2.24, 2.45) is 23.2 Å². The van der Waals surface area contributed by atoms with Crippen molar-refractivity contribution < 1.29 is 19.1 Å². The fourth-order valence-electron chi connectivity index (χ4n) is 6.54. The van der Waals surface area contributed by atoms with Gasteiger partial charge in [0.05, 0.1) is 10.2 Å². The van der Waals surface area contributed by atoms with Crippen molar-refractivity contribution in [2.45, 2.75) is 51.5 Å². The molecule has 2 heterocycles. The zero-order chi connectivity index (χ0) is 21.2. The molecule has 4 saturated carbocycles. The van der Waals surface area contributed by atoms with E-state index in [9.17, 15) is 9.59 Å². The minimum absolute atomic E-state index is 0.0699. The van der Waals surface area contributed by atoms with Crippen LogP contribution in [0.4, 0.5) is 5.13 Å². The summed E-state index contributed by atoms with van der Waals surface area (Å²) in [6.45, 7) is 2.80. The van der Waals surface area contributed by atoms with E-state index < -0.39 is 6.04 Å². The van der Waals surface area contributed by atoms with Gasteiger partial charge in [-0.05, 0) is 63.2 Å². The molecule has 7 rings (SSSR count). The predicted octanol–water partition coefficient (Wildman–Crippen LogP) is 3.73. The van der Waals surface area contributed by atoms with Gasteiger partial charge in [-0.2, -0.15) is 0 Å². The second-order valence-electron chi connectivity index (χ2n) is 9.86. The highest BCUT2D eigenvalue weighted by Crippen LogP contribution is 2.60. The van der Waals surface area contributed by atoms with Gasteiger partial charge >= 0.3 is 0 Å². The maximum Gasteiger partial charge on any atom is 0.248 e. The number of aromatic nitrogens is 1. The molecule has 1 atom stereocenters. The van der Waals surface area contributed by atoms with Gasteiger partial charge in [-0.3, -0.25) is 9.59 Å². The molecule has 2 aromatic rings. The van der Waals surface area contributed by atoms with E-state index in [4.69, 9.17) is 9.47 Å². The van der Waals surface area contributed by atoms with Crippen molar-refractivity contribution in [2.75, 3.05) is 18.5 Å². The highest BCUT2D eigenvalue weighted by atomic mass is 32.1. The maximum atomic E-state index is 13.2. The van der Waals surface area contributed by atoms with Crippen LogP contribution >= 0.6 is 11.3 Å². The summed E-state index contributed by atoms with van der Waals surface area (Å²) in [5, 5.41) is 6.41. The van der Waals surface area contributed by atoms with Gasteiger partial charge in [0.15, 0.2) is 16.6 Å². The van der Waals surface area contributed by atoms with Crippen LogP contribution in [0.5, 0.6) is 11.5 Å². The number of amides is 2. The number of ether oxygens (including phenoxy) is 2. The summed E-state index contributed by atoms with van der Waals surface area (Å²) in [7, 11) is 0. The second-order valence-corrected chi connectivity index (χ2v) is 10.9. The van der Waals surface area contributed by atoms with Crippen molar-refractivity contribution in [3.05, 3.63) is 12.1 Å². The van der Waals surface area contributed by atoms with Gasteiger partial charge in [-0.25, -0.2) is 4.98 Å². The number of benzene rings is 1. The number of hydrogen-bond donors (Lipinski definition) is 2. The summed E-state index contributed by atoms with van der Waals surface area (Å²) < 4.78 is 12.2. The highest BCUT2D eigenvalue weighted by Gasteiger charge is 2.54. The first-order valence-corrected chi connectivity index (χ1v) is 12.1. The van der Waals surface area contributed by atoms with Crippen LogP contribution in [0.2, 0.25) is 0 Å². The standard InChI is InChI=1S/C23H27N3O4S/c1-12(24-21(28)23-9-13-4-14(10-23)6-15(5-13)11-23)20(27)26-22-25-16-7-17-18(8-19(16)31-22)30-3-2-29-17/h7-8,12-15H,2-6,9-11H2,1H3,(H,24,28)(H,25,26,27). The topological polar surface area (TPSA) is 89.6 Å². The number of rotatable bonds is 4. The number of nitrogens with one attached hydrogen (secondary N) is 2. The molecule has 4 aliphatic carbocycles. The average molecular weight is 442 g/mol. The van der Waals surface area contributed by atoms with E-state index in [-0.39, 0.29) is 17.2 Å². The number of carbonyl (C=O) groups is 2. The second kappa shape index (κ2) is 7.08. The molecule has 164 valence electrons. The van der Waals surface area contributed by atoms with Crippen LogP contribution in [0.3, 0.4) is 0 Å². The van der Waals surface area contributed by atoms with Crippen LogP contribution in [0, 0.1) is 23.2 Å². The molecule has 2 N–H and O–H groups in total. The summed E-state index contributed by atoms with van der Waals surface area (Å²) in [6, 6.07) is 3.14. The monoisotopic (exact) mass is 441 g/mol. The Morgan fingerprint density at radius 3 is 2.32 bits per heavy atom. The smallest absolute Gasteiger partial charge is 0.248 e. The third kappa shape index (κ3) is 3.35. The van der Waals surface area contributed by atoms with Gasteiger partial charge in [-0.15, -0.1) is 0 Å². The summed E-state index contributed by atoms with van der Waals surface area (Å²) in [6.07, 6.45) is 6.85. The molecule has 1 aromatic heterocycles. The lowest BCUT2D eigenvalue weighted by molar-refractivity contribution is -0.147. The predicted molar refractivity (Wildman–Crippen MR) is 117 cm³/mol. The zero-order valence-electron chi connectivity index (χ0n) is 17.6. The molecule has 0 radical (unpaired) electrons. The molecule has 4 fully saturated rings. The average Bonchev–Trinajstić information content (AvgIpc) is 3.11. The molecule has 1 aliphatic heterocycles. The Labute approximate surface area is 184 Å². The number of anilines is 1. The molecular formula is C23H27N3O4S. The zero-order valence-corrected chi connectivity index (χ0v) is 18.4.